The maximum atomic E-state index is 12.2. The van der Waals surface area contributed by atoms with Crippen molar-refractivity contribution >= 4 is 34.5 Å². The van der Waals surface area contributed by atoms with Gasteiger partial charge in [-0.1, -0.05) is 17.7 Å². The lowest BCUT2D eigenvalue weighted by Gasteiger charge is -2.09. The molecule has 0 aliphatic rings. The standard InChI is InChI=1S/C20H23N5O3/c1-12-5-6-14(13(2)11-12)21-17(26)9-10-18(27)22-16-8-7-15-19(23-16)25(4)20(28)24(15)3/h5-8,11H,9-10H2,1-4H3,(H,21,26)(H,22,23,27). The van der Waals surface area contributed by atoms with Gasteiger partial charge in [0.15, 0.2) is 5.65 Å². The van der Waals surface area contributed by atoms with Crippen LogP contribution in [-0.2, 0) is 23.7 Å². The Morgan fingerprint density at radius 1 is 0.964 bits per heavy atom. The van der Waals surface area contributed by atoms with Gasteiger partial charge in [-0.3, -0.25) is 18.7 Å². The molecule has 2 N–H and O–H groups in total. The van der Waals surface area contributed by atoms with E-state index in [9.17, 15) is 14.4 Å². The maximum absolute atomic E-state index is 12.2. The number of carbonyl (C=O) groups is 2. The van der Waals surface area contributed by atoms with E-state index >= 15 is 0 Å². The van der Waals surface area contributed by atoms with Crippen molar-refractivity contribution in [2.75, 3.05) is 10.6 Å². The highest BCUT2D eigenvalue weighted by atomic mass is 16.2. The molecular formula is C20H23N5O3. The van der Waals surface area contributed by atoms with Crippen LogP contribution in [0.2, 0.25) is 0 Å². The van der Waals surface area contributed by atoms with Crippen molar-refractivity contribution in [3.8, 4) is 0 Å². The van der Waals surface area contributed by atoms with Crippen molar-refractivity contribution in [3.05, 3.63) is 51.9 Å². The van der Waals surface area contributed by atoms with Crippen LogP contribution in [0.5, 0.6) is 0 Å². The number of hydrogen-bond donors (Lipinski definition) is 2. The molecule has 0 aliphatic carbocycles. The molecule has 0 unspecified atom stereocenters. The molecule has 3 rings (SSSR count). The Hall–Kier alpha value is -3.42. The summed E-state index contributed by atoms with van der Waals surface area (Å²) in [5.74, 6) is -0.201. The molecular weight excluding hydrogens is 358 g/mol. The first-order valence-corrected chi connectivity index (χ1v) is 8.95. The lowest BCUT2D eigenvalue weighted by molar-refractivity contribution is -0.121. The van der Waals surface area contributed by atoms with E-state index in [-0.39, 0.29) is 30.3 Å². The van der Waals surface area contributed by atoms with E-state index in [2.05, 4.69) is 15.6 Å². The van der Waals surface area contributed by atoms with Gasteiger partial charge in [0, 0.05) is 32.6 Å². The summed E-state index contributed by atoms with van der Waals surface area (Å²) in [5, 5.41) is 5.50. The molecule has 8 heteroatoms. The summed E-state index contributed by atoms with van der Waals surface area (Å²) < 4.78 is 2.91. The van der Waals surface area contributed by atoms with Crippen molar-refractivity contribution in [3.63, 3.8) is 0 Å². The number of benzene rings is 1. The monoisotopic (exact) mass is 381 g/mol. The smallest absolute Gasteiger partial charge is 0.326 e. The summed E-state index contributed by atoms with van der Waals surface area (Å²) in [7, 11) is 3.29. The van der Waals surface area contributed by atoms with E-state index in [4.69, 9.17) is 0 Å². The van der Waals surface area contributed by atoms with Crippen LogP contribution < -0.4 is 16.3 Å². The number of pyridine rings is 1. The molecule has 0 saturated heterocycles. The zero-order valence-electron chi connectivity index (χ0n) is 16.4. The molecule has 8 nitrogen and oxygen atoms in total. The molecule has 1 aromatic carbocycles. The van der Waals surface area contributed by atoms with Crippen molar-refractivity contribution in [2.24, 2.45) is 14.1 Å². The Morgan fingerprint density at radius 2 is 1.64 bits per heavy atom. The van der Waals surface area contributed by atoms with Crippen LogP contribution in [0.15, 0.2) is 35.1 Å². The number of carbonyl (C=O) groups excluding carboxylic acids is 2. The minimum Gasteiger partial charge on any atom is -0.326 e. The fraction of sp³-hybridized carbons (Fsp3) is 0.300. The van der Waals surface area contributed by atoms with Crippen molar-refractivity contribution in [2.45, 2.75) is 26.7 Å². The van der Waals surface area contributed by atoms with Crippen LogP contribution in [0, 0.1) is 13.8 Å². The molecule has 0 fully saturated rings. The molecule has 146 valence electrons. The molecule has 0 radical (unpaired) electrons. The Balaban J connectivity index is 1.59. The molecule has 2 amide bonds. The van der Waals surface area contributed by atoms with Crippen LogP contribution in [0.4, 0.5) is 11.5 Å². The van der Waals surface area contributed by atoms with Crippen LogP contribution in [-0.4, -0.2) is 25.9 Å². The third-order valence-corrected chi connectivity index (χ3v) is 4.61. The van der Waals surface area contributed by atoms with E-state index in [1.165, 1.54) is 9.13 Å². The molecule has 3 aromatic rings. The number of aromatic nitrogens is 3. The molecule has 28 heavy (non-hydrogen) atoms. The average molecular weight is 381 g/mol. The first kappa shape index (κ1) is 19.3. The molecule has 0 saturated carbocycles. The lowest BCUT2D eigenvalue weighted by atomic mass is 10.1. The SMILES string of the molecule is Cc1ccc(NC(=O)CCC(=O)Nc2ccc3c(n2)n(C)c(=O)n3C)c(C)c1. The predicted octanol–water partition coefficient (Wildman–Crippen LogP) is 2.25. The third-order valence-electron chi connectivity index (χ3n) is 4.61. The number of amides is 2. The predicted molar refractivity (Wildman–Crippen MR) is 108 cm³/mol. The largest absolute Gasteiger partial charge is 0.329 e. The van der Waals surface area contributed by atoms with Gasteiger partial charge in [-0.15, -0.1) is 0 Å². The first-order valence-electron chi connectivity index (χ1n) is 8.95. The number of imidazole rings is 1. The Labute approximate surface area is 162 Å². The Kier molecular flexibility index (Phi) is 5.30. The van der Waals surface area contributed by atoms with Gasteiger partial charge in [0.25, 0.3) is 0 Å². The fourth-order valence-corrected chi connectivity index (χ4v) is 3.04. The van der Waals surface area contributed by atoms with Gasteiger partial charge in [-0.25, -0.2) is 9.78 Å². The topological polar surface area (TPSA) is 98.0 Å². The highest BCUT2D eigenvalue weighted by Gasteiger charge is 2.12. The van der Waals surface area contributed by atoms with E-state index in [0.29, 0.717) is 17.0 Å². The number of nitrogens with zero attached hydrogens (tertiary/aromatic N) is 3. The molecule has 2 heterocycles. The molecule has 0 atom stereocenters. The van der Waals surface area contributed by atoms with E-state index in [1.807, 2.05) is 32.0 Å². The molecule has 0 aliphatic heterocycles. The molecule has 0 bridgehead atoms. The lowest BCUT2D eigenvalue weighted by Crippen LogP contribution is -2.19. The summed E-state index contributed by atoms with van der Waals surface area (Å²) >= 11 is 0. The van der Waals surface area contributed by atoms with E-state index < -0.39 is 0 Å². The Morgan fingerprint density at radius 3 is 2.32 bits per heavy atom. The second-order valence-corrected chi connectivity index (χ2v) is 6.85. The zero-order chi connectivity index (χ0) is 20.4. The maximum Gasteiger partial charge on any atom is 0.329 e. The summed E-state index contributed by atoms with van der Waals surface area (Å²) in [5.41, 5.74) is 3.82. The summed E-state index contributed by atoms with van der Waals surface area (Å²) in [6.45, 7) is 3.91. The quantitative estimate of drug-likeness (QED) is 0.708. The number of hydrogen-bond acceptors (Lipinski definition) is 4. The van der Waals surface area contributed by atoms with Crippen LogP contribution in [0.25, 0.3) is 11.2 Å². The molecule has 2 aromatic heterocycles. The van der Waals surface area contributed by atoms with Gasteiger partial charge >= 0.3 is 5.69 Å². The average Bonchev–Trinajstić information content (AvgIpc) is 2.86. The van der Waals surface area contributed by atoms with Gasteiger partial charge in [0.2, 0.25) is 11.8 Å². The van der Waals surface area contributed by atoms with Crippen LogP contribution in [0.1, 0.15) is 24.0 Å². The highest BCUT2D eigenvalue weighted by molar-refractivity contribution is 5.97. The van der Waals surface area contributed by atoms with E-state index in [0.717, 1.165) is 16.8 Å². The van der Waals surface area contributed by atoms with Crippen molar-refractivity contribution in [1.29, 1.82) is 0 Å². The minimum atomic E-state index is -0.316. The second kappa shape index (κ2) is 7.67. The van der Waals surface area contributed by atoms with Crippen LogP contribution >= 0.6 is 0 Å². The van der Waals surface area contributed by atoms with E-state index in [1.54, 1.807) is 26.2 Å². The fourth-order valence-electron chi connectivity index (χ4n) is 3.04. The van der Waals surface area contributed by atoms with Gasteiger partial charge in [-0.05, 0) is 37.6 Å². The van der Waals surface area contributed by atoms with Crippen molar-refractivity contribution in [1.82, 2.24) is 14.1 Å². The van der Waals surface area contributed by atoms with Gasteiger partial charge in [0.1, 0.15) is 5.82 Å². The number of anilines is 2. The van der Waals surface area contributed by atoms with Crippen molar-refractivity contribution < 1.29 is 9.59 Å². The second-order valence-electron chi connectivity index (χ2n) is 6.85. The van der Waals surface area contributed by atoms with Gasteiger partial charge in [0.05, 0.1) is 5.52 Å². The summed E-state index contributed by atoms with van der Waals surface area (Å²) in [4.78, 5) is 40.6. The minimum absolute atomic E-state index is 0.0319. The summed E-state index contributed by atoms with van der Waals surface area (Å²) in [6.07, 6.45) is 0.0927. The summed E-state index contributed by atoms with van der Waals surface area (Å²) in [6, 6.07) is 9.13. The third kappa shape index (κ3) is 3.95. The first-order chi connectivity index (χ1) is 13.3. The van der Waals surface area contributed by atoms with Crippen LogP contribution in [0.3, 0.4) is 0 Å². The van der Waals surface area contributed by atoms with Gasteiger partial charge in [-0.2, -0.15) is 0 Å². The number of aryl methyl sites for hydroxylation is 4. The zero-order valence-corrected chi connectivity index (χ0v) is 16.4. The number of fused-ring (bicyclic) bond motifs is 1. The highest BCUT2D eigenvalue weighted by Crippen LogP contribution is 2.17. The normalized spacial score (nSPS) is 10.9. The molecule has 0 spiro atoms. The van der Waals surface area contributed by atoms with Gasteiger partial charge < -0.3 is 10.6 Å². The number of rotatable bonds is 5. The Bertz CT molecular complexity index is 1130. The number of nitrogens with one attached hydrogen (secondary N) is 2.